The summed E-state index contributed by atoms with van der Waals surface area (Å²) in [5, 5.41) is 0. The standard InChI is InChI=1S/C24H19F3O3S/c1-16-10-13-18(14-11-16)31(29)21-9-4-3-7-19(21)23-17(12-15-22(28)30-2)6-5-8-20(23)24(25,26)27/h3-15H,1-2H3/b15-12+/t31-/m0/s1. The Morgan fingerprint density at radius 2 is 1.65 bits per heavy atom. The third-order valence-electron chi connectivity index (χ3n) is 4.59. The number of halogens is 3. The highest BCUT2D eigenvalue weighted by atomic mass is 32.2. The van der Waals surface area contributed by atoms with Crippen molar-refractivity contribution in [3.05, 3.63) is 89.5 Å². The van der Waals surface area contributed by atoms with Crippen LogP contribution in [0, 0.1) is 6.92 Å². The number of benzene rings is 3. The molecule has 0 saturated carbocycles. The van der Waals surface area contributed by atoms with Crippen molar-refractivity contribution in [2.75, 3.05) is 7.11 Å². The van der Waals surface area contributed by atoms with Crippen molar-refractivity contribution in [1.29, 1.82) is 0 Å². The van der Waals surface area contributed by atoms with Gasteiger partial charge < -0.3 is 4.74 Å². The first kappa shape index (κ1) is 22.5. The van der Waals surface area contributed by atoms with Crippen LogP contribution in [0.2, 0.25) is 0 Å². The summed E-state index contributed by atoms with van der Waals surface area (Å²) in [5.74, 6) is -0.695. The number of carbonyl (C=O) groups is 1. The van der Waals surface area contributed by atoms with Gasteiger partial charge in [0.15, 0.2) is 0 Å². The molecular weight excluding hydrogens is 425 g/mol. The minimum Gasteiger partial charge on any atom is -0.466 e. The number of hydrogen-bond donors (Lipinski definition) is 0. The molecule has 31 heavy (non-hydrogen) atoms. The molecule has 0 heterocycles. The van der Waals surface area contributed by atoms with Gasteiger partial charge in [-0.2, -0.15) is 13.2 Å². The molecule has 1 atom stereocenters. The molecule has 0 aliphatic carbocycles. The van der Waals surface area contributed by atoms with Gasteiger partial charge in [0.1, 0.15) is 0 Å². The average molecular weight is 444 g/mol. The van der Waals surface area contributed by atoms with E-state index in [-0.39, 0.29) is 21.6 Å². The van der Waals surface area contributed by atoms with E-state index in [2.05, 4.69) is 4.74 Å². The molecule has 0 aliphatic rings. The van der Waals surface area contributed by atoms with Gasteiger partial charge in [-0.25, -0.2) is 9.00 Å². The summed E-state index contributed by atoms with van der Waals surface area (Å²) in [6, 6.07) is 16.9. The molecule has 3 nitrogen and oxygen atoms in total. The normalized spacial score (nSPS) is 12.7. The fraction of sp³-hybridized carbons (Fsp3) is 0.125. The number of esters is 1. The van der Waals surface area contributed by atoms with E-state index in [1.54, 1.807) is 42.5 Å². The predicted octanol–water partition coefficient (Wildman–Crippen LogP) is 6.03. The predicted molar refractivity (Wildman–Crippen MR) is 114 cm³/mol. The fourth-order valence-corrected chi connectivity index (χ4v) is 4.30. The van der Waals surface area contributed by atoms with E-state index >= 15 is 0 Å². The van der Waals surface area contributed by atoms with Crippen LogP contribution >= 0.6 is 0 Å². The number of ether oxygens (including phenoxy) is 1. The van der Waals surface area contributed by atoms with E-state index < -0.39 is 28.5 Å². The Morgan fingerprint density at radius 1 is 0.968 bits per heavy atom. The molecule has 0 aliphatic heterocycles. The zero-order valence-electron chi connectivity index (χ0n) is 16.8. The van der Waals surface area contributed by atoms with E-state index in [1.165, 1.54) is 31.4 Å². The number of aryl methyl sites for hydroxylation is 1. The molecule has 3 rings (SSSR count). The topological polar surface area (TPSA) is 43.4 Å². The quantitative estimate of drug-likeness (QED) is 0.356. The van der Waals surface area contributed by atoms with Gasteiger partial charge in [0.05, 0.1) is 28.4 Å². The molecule has 160 valence electrons. The van der Waals surface area contributed by atoms with E-state index in [0.29, 0.717) is 4.90 Å². The van der Waals surface area contributed by atoms with Crippen molar-refractivity contribution in [1.82, 2.24) is 0 Å². The maximum atomic E-state index is 13.9. The van der Waals surface area contributed by atoms with Gasteiger partial charge in [0, 0.05) is 16.5 Å². The van der Waals surface area contributed by atoms with Crippen LogP contribution in [0.5, 0.6) is 0 Å². The van der Waals surface area contributed by atoms with Crippen molar-refractivity contribution < 1.29 is 26.9 Å². The van der Waals surface area contributed by atoms with Crippen LogP contribution in [0.25, 0.3) is 17.2 Å². The van der Waals surface area contributed by atoms with Gasteiger partial charge >= 0.3 is 12.1 Å². The molecule has 7 heteroatoms. The third kappa shape index (κ3) is 5.11. The minimum absolute atomic E-state index is 0.147. The van der Waals surface area contributed by atoms with Crippen molar-refractivity contribution >= 4 is 22.8 Å². The lowest BCUT2D eigenvalue weighted by Crippen LogP contribution is -2.09. The van der Waals surface area contributed by atoms with E-state index in [0.717, 1.165) is 17.7 Å². The van der Waals surface area contributed by atoms with Crippen molar-refractivity contribution in [2.24, 2.45) is 0 Å². The number of methoxy groups -OCH3 is 1. The van der Waals surface area contributed by atoms with Gasteiger partial charge in [-0.3, -0.25) is 0 Å². The lowest BCUT2D eigenvalue weighted by Gasteiger charge is -2.18. The van der Waals surface area contributed by atoms with E-state index in [1.807, 2.05) is 6.92 Å². The minimum atomic E-state index is -4.65. The first-order valence-corrected chi connectivity index (χ1v) is 10.4. The molecule has 0 spiro atoms. The van der Waals surface area contributed by atoms with Gasteiger partial charge in [0.2, 0.25) is 0 Å². The first-order valence-electron chi connectivity index (χ1n) is 9.26. The lowest BCUT2D eigenvalue weighted by atomic mass is 9.93. The molecule has 0 bridgehead atoms. The maximum Gasteiger partial charge on any atom is 0.417 e. The van der Waals surface area contributed by atoms with Crippen LogP contribution in [-0.4, -0.2) is 17.3 Å². The van der Waals surface area contributed by atoms with Crippen LogP contribution < -0.4 is 0 Å². The van der Waals surface area contributed by atoms with Crippen LogP contribution in [-0.2, 0) is 26.5 Å². The van der Waals surface area contributed by atoms with Crippen LogP contribution in [0.3, 0.4) is 0 Å². The second-order valence-electron chi connectivity index (χ2n) is 6.70. The molecule has 0 radical (unpaired) electrons. The Bertz CT molecular complexity index is 1150. The lowest BCUT2D eigenvalue weighted by molar-refractivity contribution is -0.137. The summed E-state index contributed by atoms with van der Waals surface area (Å²) in [5.41, 5.74) is 0.290. The van der Waals surface area contributed by atoms with Crippen molar-refractivity contribution in [2.45, 2.75) is 22.9 Å². The Kier molecular flexibility index (Phi) is 6.75. The Labute approximate surface area is 180 Å². The first-order chi connectivity index (χ1) is 14.7. The monoisotopic (exact) mass is 444 g/mol. The van der Waals surface area contributed by atoms with Gasteiger partial charge in [-0.15, -0.1) is 0 Å². The Hall–Kier alpha value is -3.19. The Morgan fingerprint density at radius 3 is 2.29 bits per heavy atom. The van der Waals surface area contributed by atoms with E-state index in [9.17, 15) is 22.2 Å². The van der Waals surface area contributed by atoms with Crippen LogP contribution in [0.15, 0.2) is 82.6 Å². The van der Waals surface area contributed by atoms with Crippen LogP contribution in [0.1, 0.15) is 16.7 Å². The molecule has 0 aromatic heterocycles. The summed E-state index contributed by atoms with van der Waals surface area (Å²) in [6.45, 7) is 1.89. The zero-order chi connectivity index (χ0) is 22.6. The van der Waals surface area contributed by atoms with Gasteiger partial charge in [0.25, 0.3) is 0 Å². The second kappa shape index (κ2) is 9.31. The van der Waals surface area contributed by atoms with Gasteiger partial charge in [-0.1, -0.05) is 48.0 Å². The summed E-state index contributed by atoms with van der Waals surface area (Å²) in [6.07, 6.45) is -2.33. The summed E-state index contributed by atoms with van der Waals surface area (Å²) >= 11 is 0. The highest BCUT2D eigenvalue weighted by Crippen LogP contribution is 2.41. The number of carbonyl (C=O) groups excluding carboxylic acids is 1. The number of hydrogen-bond acceptors (Lipinski definition) is 3. The SMILES string of the molecule is COC(=O)/C=C/c1cccc(C(F)(F)F)c1-c1ccccc1[S@@](=O)c1ccc(C)cc1. The molecule has 3 aromatic rings. The largest absolute Gasteiger partial charge is 0.466 e. The van der Waals surface area contributed by atoms with Crippen molar-refractivity contribution in [3.63, 3.8) is 0 Å². The zero-order valence-corrected chi connectivity index (χ0v) is 17.6. The smallest absolute Gasteiger partial charge is 0.417 e. The van der Waals surface area contributed by atoms with E-state index in [4.69, 9.17) is 0 Å². The highest BCUT2D eigenvalue weighted by molar-refractivity contribution is 7.85. The molecule has 0 amide bonds. The summed E-state index contributed by atoms with van der Waals surface area (Å²) < 4.78 is 59.5. The van der Waals surface area contributed by atoms with Crippen LogP contribution in [0.4, 0.5) is 13.2 Å². The highest BCUT2D eigenvalue weighted by Gasteiger charge is 2.35. The van der Waals surface area contributed by atoms with Gasteiger partial charge in [-0.05, 0) is 48.4 Å². The summed E-state index contributed by atoms with van der Waals surface area (Å²) in [7, 11) is -0.528. The maximum absolute atomic E-state index is 13.9. The average Bonchev–Trinajstić information content (AvgIpc) is 2.76. The second-order valence-corrected chi connectivity index (χ2v) is 8.15. The molecular formula is C24H19F3O3S. The fourth-order valence-electron chi connectivity index (χ4n) is 3.10. The number of alkyl halides is 3. The van der Waals surface area contributed by atoms with Crippen molar-refractivity contribution in [3.8, 4) is 11.1 Å². The molecule has 0 N–H and O–H groups in total. The third-order valence-corrected chi connectivity index (χ3v) is 6.05. The molecule has 3 aromatic carbocycles. The Balaban J connectivity index is 2.25. The number of rotatable bonds is 5. The summed E-state index contributed by atoms with van der Waals surface area (Å²) in [4.78, 5) is 12.2. The molecule has 0 fully saturated rings. The molecule has 0 saturated heterocycles. The molecule has 0 unspecified atom stereocenters.